The molecule has 81 heavy (non-hydrogen) atoms. The van der Waals surface area contributed by atoms with Gasteiger partial charge in [-0.1, -0.05) is 205 Å². The standard InChI is InChI=1S/C17H19Cl2N3OS.C15H13Cl2FN2OS.C9H11NO4S.C7H5Cl2F2N.C2H7N.C2H4OS.K/c1-4-11-12(18)16(22(2)3)21-17(13(11)19)24-14(15(20)23)10-8-6-5-7-9-10;1-2-9-10(16)13(18)20-15(11(9)17)22-12(14(19)21)8-6-4-3-5-7-8;1-15(12,13)14-8(9(10)11)7-5-3-2-4-6-7;1-2-3-4(8)6(10)12-7(11)5(3)9;1-3-2;1-2(3)4;/h5-9,14H,4H2,1-3H3,(H2,20,23);3-7,12H,2H2,1H3,(H2,19,21);2-6,8H,1H3,(H2,10,11);2H2,1H3;3H,1-2H3;1H3,(H,3,4);/q;;;;;;+1/p-1. The zero-order chi connectivity index (χ0) is 61.2. The van der Waals surface area contributed by atoms with Gasteiger partial charge in [0.05, 0.1) is 21.3 Å². The molecular formula is C52H58Cl6F3KN8O7S4. The number of rotatable bonds is 16. The number of nitrogens with zero attached hydrogens (tertiary/aromatic N) is 4. The smallest absolute Gasteiger partial charge is 0.742 e. The number of pyridine rings is 3. The normalized spacial score (nSPS) is 11.4. The molecule has 6 rings (SSSR count). The number of aromatic nitrogens is 3. The predicted octanol–water partition coefficient (Wildman–Crippen LogP) is 9.08. The van der Waals surface area contributed by atoms with Crippen LogP contribution in [0.25, 0.3) is 0 Å². The van der Waals surface area contributed by atoms with E-state index in [1.54, 1.807) is 61.5 Å². The monoisotopic (exact) mass is 1340 g/mol. The number of nitrogens with one attached hydrogen (secondary N) is 1. The molecule has 436 valence electrons. The quantitative estimate of drug-likeness (QED) is 0.0232. The predicted molar refractivity (Wildman–Crippen MR) is 321 cm³/mol. The molecular weight excluding hydrogens is 1290 g/mol. The van der Waals surface area contributed by atoms with Crippen LogP contribution < -0.4 is 78.8 Å². The van der Waals surface area contributed by atoms with Crippen LogP contribution in [0.2, 0.25) is 30.1 Å². The van der Waals surface area contributed by atoms with Crippen molar-refractivity contribution in [3.63, 3.8) is 0 Å². The summed E-state index contributed by atoms with van der Waals surface area (Å²) < 4.78 is 65.5. The van der Waals surface area contributed by atoms with E-state index in [4.69, 9.17) is 86.8 Å². The Morgan fingerprint density at radius 1 is 0.593 bits per heavy atom. The van der Waals surface area contributed by atoms with Crippen LogP contribution in [0, 0.1) is 17.8 Å². The fourth-order valence-electron chi connectivity index (χ4n) is 6.13. The van der Waals surface area contributed by atoms with Crippen LogP contribution in [0.3, 0.4) is 0 Å². The fraction of sp³-hybridized carbons (Fsp3) is 0.288. The van der Waals surface area contributed by atoms with Crippen molar-refractivity contribution in [2.24, 2.45) is 17.2 Å². The van der Waals surface area contributed by atoms with E-state index < -0.39 is 62.3 Å². The molecule has 3 aromatic carbocycles. The molecule has 0 saturated carbocycles. The maximum atomic E-state index is 13.8. The third-order valence-corrected chi connectivity index (χ3v) is 15.3. The summed E-state index contributed by atoms with van der Waals surface area (Å²) in [6.07, 6.45) is 1.10. The number of hydrogen-bond donors (Lipinski definition) is 4. The van der Waals surface area contributed by atoms with Gasteiger partial charge in [-0.25, -0.2) is 9.97 Å². The van der Waals surface area contributed by atoms with Crippen LogP contribution >= 0.6 is 93.1 Å². The summed E-state index contributed by atoms with van der Waals surface area (Å²) in [6.45, 7) is 6.83. The van der Waals surface area contributed by atoms with Crippen molar-refractivity contribution in [1.82, 2.24) is 20.3 Å². The van der Waals surface area contributed by atoms with E-state index in [0.29, 0.717) is 56.8 Å². The molecule has 3 unspecified atom stereocenters. The van der Waals surface area contributed by atoms with Crippen LogP contribution in [0.5, 0.6) is 0 Å². The number of carbonyl (C=O) groups is 4. The number of carbonyl (C=O) groups excluding carboxylic acids is 4. The Labute approximate surface area is 557 Å². The minimum Gasteiger partial charge on any atom is -0.742 e. The van der Waals surface area contributed by atoms with Crippen LogP contribution in [-0.2, 0) is 65.4 Å². The van der Waals surface area contributed by atoms with Gasteiger partial charge in [-0.3, -0.25) is 18.6 Å². The van der Waals surface area contributed by atoms with Crippen molar-refractivity contribution in [3.8, 4) is 0 Å². The summed E-state index contributed by atoms with van der Waals surface area (Å²) in [5, 5.41) is 2.73. The largest absolute Gasteiger partial charge is 1.00 e. The number of halogens is 9. The van der Waals surface area contributed by atoms with Crippen molar-refractivity contribution < 1.29 is 96.3 Å². The van der Waals surface area contributed by atoms with Gasteiger partial charge in [-0.05, 0) is 73.7 Å². The van der Waals surface area contributed by atoms with E-state index in [2.05, 4.69) is 37.1 Å². The Balaban J connectivity index is 0.00000104. The fourth-order valence-corrected chi connectivity index (χ4v) is 10.9. The van der Waals surface area contributed by atoms with E-state index in [-0.39, 0.29) is 87.2 Å². The van der Waals surface area contributed by atoms with Gasteiger partial charge in [0.2, 0.25) is 29.7 Å². The molecule has 3 atom stereocenters. The number of primary amides is 3. The number of nitrogens with two attached hydrogens (primary N) is 3. The van der Waals surface area contributed by atoms with Crippen molar-refractivity contribution in [2.75, 3.05) is 39.3 Å². The van der Waals surface area contributed by atoms with E-state index in [1.807, 2.05) is 83.3 Å². The first-order valence-electron chi connectivity index (χ1n) is 23.2. The number of anilines is 1. The summed E-state index contributed by atoms with van der Waals surface area (Å²) in [5.74, 6) is -4.05. The molecule has 0 fully saturated rings. The first kappa shape index (κ1) is 77.9. The second kappa shape index (κ2) is 39.5. The van der Waals surface area contributed by atoms with Gasteiger partial charge < -0.3 is 44.8 Å². The number of benzene rings is 3. The first-order chi connectivity index (χ1) is 37.4. The van der Waals surface area contributed by atoms with Gasteiger partial charge in [0.15, 0.2) is 6.10 Å². The van der Waals surface area contributed by atoms with Gasteiger partial charge in [-0.2, -0.15) is 26.6 Å². The Kier molecular flexibility index (Phi) is 38.0. The van der Waals surface area contributed by atoms with E-state index in [1.165, 1.54) is 18.7 Å². The molecule has 3 aromatic heterocycles. The maximum Gasteiger partial charge on any atom is 1.00 e. The molecule has 3 amide bonds. The third-order valence-electron chi connectivity index (χ3n) is 9.60. The average molecular weight is 1340 g/mol. The second-order valence-electron chi connectivity index (χ2n) is 16.0. The Bertz CT molecular complexity index is 3100. The number of amides is 3. The maximum absolute atomic E-state index is 13.8. The summed E-state index contributed by atoms with van der Waals surface area (Å²) in [7, 11) is 3.75. The molecule has 29 heteroatoms. The first-order valence-corrected chi connectivity index (χ1v) is 29.5. The van der Waals surface area contributed by atoms with Gasteiger partial charge in [0.25, 0.3) is 16.0 Å². The molecule has 7 N–H and O–H groups in total. The Morgan fingerprint density at radius 3 is 1.19 bits per heavy atom. The summed E-state index contributed by atoms with van der Waals surface area (Å²) in [5.41, 5.74) is 19.6. The number of thioether (sulfide) groups is 2. The molecule has 0 saturated heterocycles. The zero-order valence-corrected chi connectivity index (χ0v) is 56.4. The van der Waals surface area contributed by atoms with Gasteiger partial charge in [0.1, 0.15) is 41.4 Å². The van der Waals surface area contributed by atoms with E-state index in [9.17, 15) is 40.8 Å². The van der Waals surface area contributed by atoms with Crippen LogP contribution in [0.1, 0.15) is 77.7 Å². The zero-order valence-electron chi connectivity index (χ0n) is 45.4. The molecule has 3 heterocycles. The van der Waals surface area contributed by atoms with Crippen LogP contribution in [0.15, 0.2) is 101 Å². The van der Waals surface area contributed by atoms with E-state index >= 15 is 0 Å². The summed E-state index contributed by atoms with van der Waals surface area (Å²) >= 11 is 42.2. The van der Waals surface area contributed by atoms with E-state index in [0.717, 1.165) is 29.1 Å². The van der Waals surface area contributed by atoms with Crippen molar-refractivity contribution in [3.05, 3.63) is 172 Å². The minimum atomic E-state index is -3.72. The molecule has 0 spiro atoms. The molecule has 6 aromatic rings. The average Bonchev–Trinajstić information content (AvgIpc) is 3.39. The molecule has 0 radical (unpaired) electrons. The van der Waals surface area contributed by atoms with Crippen molar-refractivity contribution in [1.29, 1.82) is 0 Å². The summed E-state index contributed by atoms with van der Waals surface area (Å²) in [4.78, 5) is 57.0. The van der Waals surface area contributed by atoms with Crippen LogP contribution in [0.4, 0.5) is 19.0 Å². The molecule has 0 aliphatic heterocycles. The number of hydrogen-bond acceptors (Lipinski definition) is 15. The second-order valence-corrected chi connectivity index (χ2v) is 22.7. The van der Waals surface area contributed by atoms with Crippen molar-refractivity contribution in [2.45, 2.75) is 73.6 Å². The van der Waals surface area contributed by atoms with Crippen LogP contribution in [-0.4, -0.2) is 80.7 Å². The molecule has 0 aliphatic carbocycles. The molecule has 0 bridgehead atoms. The third kappa shape index (κ3) is 26.4. The van der Waals surface area contributed by atoms with Crippen molar-refractivity contribution >= 4 is 145 Å². The minimum absolute atomic E-state index is 0. The van der Waals surface area contributed by atoms with Gasteiger partial charge in [-0.15, -0.1) is 0 Å². The van der Waals surface area contributed by atoms with Gasteiger partial charge >= 0.3 is 51.4 Å². The summed E-state index contributed by atoms with van der Waals surface area (Å²) in [6, 6.07) is 26.5. The molecule has 15 nitrogen and oxygen atoms in total. The van der Waals surface area contributed by atoms with Gasteiger partial charge in [0, 0.05) is 19.2 Å². The Hall–Kier alpha value is -3.05. The Morgan fingerprint density at radius 2 is 0.889 bits per heavy atom. The SMILES string of the molecule is CC(=O)[S-].CCc1c(Cl)c(F)nc(F)c1Cl.CCc1c(Cl)c(F)nc(SC(C(N)=O)c2ccccc2)c1Cl.CCc1c(Cl)c(SC(C(N)=O)c2ccccc2)nc(N(C)C)c1Cl.CNC.CS(=O)(=O)OC(C(N)=O)c1ccccc1.[K+]. The topological polar surface area (TPSA) is 244 Å². The molecule has 0 aliphatic rings.